The zero-order valence-electron chi connectivity index (χ0n) is 16.0. The van der Waals surface area contributed by atoms with Gasteiger partial charge in [0.05, 0.1) is 19.3 Å². The topological polar surface area (TPSA) is 91.4 Å². The van der Waals surface area contributed by atoms with Crippen LogP contribution < -0.4 is 9.47 Å². The Kier molecular flexibility index (Phi) is 7.18. The van der Waals surface area contributed by atoms with E-state index >= 15 is 0 Å². The molecular formula is C19H25NO7. The second-order valence-corrected chi connectivity index (χ2v) is 6.43. The highest BCUT2D eigenvalue weighted by atomic mass is 16.6. The van der Waals surface area contributed by atoms with E-state index in [2.05, 4.69) is 0 Å². The van der Waals surface area contributed by atoms with Gasteiger partial charge in [-0.05, 0) is 39.0 Å². The monoisotopic (exact) mass is 379 g/mol. The van der Waals surface area contributed by atoms with Crippen molar-refractivity contribution in [3.05, 3.63) is 23.8 Å². The normalized spacial score (nSPS) is 19.3. The summed E-state index contributed by atoms with van der Waals surface area (Å²) in [6.07, 6.45) is -0.107. The molecule has 8 nitrogen and oxygen atoms in total. The Labute approximate surface area is 158 Å². The standard InChI is InChI=1S/C19H25NO7/c1-12-8-20(9-13(2)27-12)18(22)10-26-19(23)11-25-16-6-5-15(14(3)21)7-17(16)24-4/h5-7,12-13H,8-11H2,1-4H3/t12-,13-/m0/s1. The Morgan fingerprint density at radius 3 is 2.37 bits per heavy atom. The van der Waals surface area contributed by atoms with E-state index in [9.17, 15) is 14.4 Å². The highest BCUT2D eigenvalue weighted by Crippen LogP contribution is 2.28. The molecule has 0 unspecified atom stereocenters. The lowest BCUT2D eigenvalue weighted by atomic mass is 10.1. The molecule has 0 spiro atoms. The number of carbonyl (C=O) groups excluding carboxylic acids is 3. The maximum atomic E-state index is 12.2. The second kappa shape index (κ2) is 9.36. The van der Waals surface area contributed by atoms with Gasteiger partial charge in [0.15, 0.2) is 30.5 Å². The third kappa shape index (κ3) is 5.96. The van der Waals surface area contributed by atoms with Crippen LogP contribution in [0.4, 0.5) is 0 Å². The summed E-state index contributed by atoms with van der Waals surface area (Å²) in [6.45, 7) is 5.44. The zero-order chi connectivity index (χ0) is 20.0. The molecule has 0 aromatic heterocycles. The first-order valence-electron chi connectivity index (χ1n) is 8.70. The molecule has 8 heteroatoms. The SMILES string of the molecule is COc1cc(C(C)=O)ccc1OCC(=O)OCC(=O)N1C[C@H](C)O[C@@H](C)C1. The van der Waals surface area contributed by atoms with Crippen LogP contribution in [0.25, 0.3) is 0 Å². The summed E-state index contributed by atoms with van der Waals surface area (Å²) in [7, 11) is 1.44. The maximum Gasteiger partial charge on any atom is 0.344 e. The first-order chi connectivity index (χ1) is 12.8. The van der Waals surface area contributed by atoms with Gasteiger partial charge >= 0.3 is 5.97 Å². The minimum absolute atomic E-state index is 0.0535. The van der Waals surface area contributed by atoms with Crippen molar-refractivity contribution in [3.8, 4) is 11.5 Å². The molecule has 2 rings (SSSR count). The lowest BCUT2D eigenvalue weighted by Gasteiger charge is -2.35. The average Bonchev–Trinajstić information content (AvgIpc) is 2.63. The number of ether oxygens (including phenoxy) is 4. The Morgan fingerprint density at radius 1 is 1.11 bits per heavy atom. The number of rotatable bonds is 7. The first-order valence-corrected chi connectivity index (χ1v) is 8.70. The van der Waals surface area contributed by atoms with Crippen molar-refractivity contribution in [2.24, 2.45) is 0 Å². The molecule has 1 aliphatic rings. The number of ketones is 1. The van der Waals surface area contributed by atoms with Gasteiger partial charge in [0, 0.05) is 18.7 Å². The van der Waals surface area contributed by atoms with Crippen LogP contribution >= 0.6 is 0 Å². The summed E-state index contributed by atoms with van der Waals surface area (Å²) in [5.74, 6) is -0.404. The molecule has 1 amide bonds. The lowest BCUT2D eigenvalue weighted by Crippen LogP contribution is -2.49. The molecule has 0 saturated carbocycles. The third-order valence-electron chi connectivity index (χ3n) is 4.04. The molecule has 27 heavy (non-hydrogen) atoms. The van der Waals surface area contributed by atoms with Crippen LogP contribution in [-0.4, -0.2) is 68.2 Å². The molecule has 1 fully saturated rings. The van der Waals surface area contributed by atoms with Crippen LogP contribution in [0.3, 0.4) is 0 Å². The minimum Gasteiger partial charge on any atom is -0.493 e. The number of nitrogens with zero attached hydrogens (tertiary/aromatic N) is 1. The van der Waals surface area contributed by atoms with E-state index in [-0.39, 0.29) is 37.1 Å². The maximum absolute atomic E-state index is 12.2. The molecule has 1 aliphatic heterocycles. The average molecular weight is 379 g/mol. The van der Waals surface area contributed by atoms with Crippen molar-refractivity contribution in [3.63, 3.8) is 0 Å². The Bertz CT molecular complexity index is 693. The molecular weight excluding hydrogens is 354 g/mol. The summed E-state index contributed by atoms with van der Waals surface area (Å²) in [4.78, 5) is 37.1. The van der Waals surface area contributed by atoms with E-state index in [0.29, 0.717) is 30.2 Å². The molecule has 0 N–H and O–H groups in total. The molecule has 0 aliphatic carbocycles. The van der Waals surface area contributed by atoms with Crippen molar-refractivity contribution in [1.29, 1.82) is 0 Å². The van der Waals surface area contributed by atoms with Crippen LogP contribution in [0.2, 0.25) is 0 Å². The molecule has 0 bridgehead atoms. The quantitative estimate of drug-likeness (QED) is 0.523. The van der Waals surface area contributed by atoms with E-state index < -0.39 is 5.97 Å². The van der Waals surface area contributed by atoms with Gasteiger partial charge in [-0.25, -0.2) is 4.79 Å². The largest absolute Gasteiger partial charge is 0.493 e. The van der Waals surface area contributed by atoms with Crippen molar-refractivity contribution in [2.75, 3.05) is 33.4 Å². The Balaban J connectivity index is 1.82. The van der Waals surface area contributed by atoms with Gasteiger partial charge in [-0.2, -0.15) is 0 Å². The number of esters is 1. The number of methoxy groups -OCH3 is 1. The fourth-order valence-electron chi connectivity index (χ4n) is 2.80. The predicted molar refractivity (Wildman–Crippen MR) is 96.0 cm³/mol. The summed E-state index contributed by atoms with van der Waals surface area (Å²) >= 11 is 0. The van der Waals surface area contributed by atoms with E-state index in [1.54, 1.807) is 17.0 Å². The smallest absolute Gasteiger partial charge is 0.344 e. The Morgan fingerprint density at radius 2 is 1.78 bits per heavy atom. The number of amides is 1. The molecule has 1 aromatic carbocycles. The van der Waals surface area contributed by atoms with Gasteiger partial charge in [-0.1, -0.05) is 0 Å². The van der Waals surface area contributed by atoms with Gasteiger partial charge in [-0.3, -0.25) is 9.59 Å². The molecule has 2 atom stereocenters. The van der Waals surface area contributed by atoms with Gasteiger partial charge in [-0.15, -0.1) is 0 Å². The molecule has 1 saturated heterocycles. The summed E-state index contributed by atoms with van der Waals surface area (Å²) in [6, 6.07) is 4.66. The van der Waals surface area contributed by atoms with Crippen LogP contribution in [0.5, 0.6) is 11.5 Å². The number of hydrogen-bond donors (Lipinski definition) is 0. The fourth-order valence-corrected chi connectivity index (χ4v) is 2.80. The second-order valence-electron chi connectivity index (χ2n) is 6.43. The van der Waals surface area contributed by atoms with Crippen molar-refractivity contribution in [2.45, 2.75) is 33.0 Å². The van der Waals surface area contributed by atoms with Crippen LogP contribution in [0.1, 0.15) is 31.1 Å². The van der Waals surface area contributed by atoms with Gasteiger partial charge in [0.1, 0.15) is 0 Å². The summed E-state index contributed by atoms with van der Waals surface area (Å²) in [5.41, 5.74) is 0.473. The van der Waals surface area contributed by atoms with E-state index in [4.69, 9.17) is 18.9 Å². The number of hydrogen-bond acceptors (Lipinski definition) is 7. The highest BCUT2D eigenvalue weighted by molar-refractivity contribution is 5.94. The summed E-state index contributed by atoms with van der Waals surface area (Å²) in [5, 5.41) is 0. The van der Waals surface area contributed by atoms with Gasteiger partial charge in [0.2, 0.25) is 0 Å². The van der Waals surface area contributed by atoms with Gasteiger partial charge in [0.25, 0.3) is 5.91 Å². The van der Waals surface area contributed by atoms with E-state index in [0.717, 1.165) is 0 Å². The van der Waals surface area contributed by atoms with Crippen molar-refractivity contribution in [1.82, 2.24) is 4.90 Å². The van der Waals surface area contributed by atoms with Crippen LogP contribution in [-0.2, 0) is 19.1 Å². The van der Waals surface area contributed by atoms with E-state index in [1.165, 1.54) is 20.1 Å². The van der Waals surface area contributed by atoms with Crippen molar-refractivity contribution < 1.29 is 33.3 Å². The number of Topliss-reactive ketones (excluding diaryl/α,β-unsaturated/α-hetero) is 1. The highest BCUT2D eigenvalue weighted by Gasteiger charge is 2.26. The predicted octanol–water partition coefficient (Wildman–Crippen LogP) is 1.46. The zero-order valence-corrected chi connectivity index (χ0v) is 16.0. The van der Waals surface area contributed by atoms with Crippen LogP contribution in [0.15, 0.2) is 18.2 Å². The molecule has 0 radical (unpaired) electrons. The Hall–Kier alpha value is -2.61. The molecule has 1 aromatic rings. The fraction of sp³-hybridized carbons (Fsp3) is 0.526. The molecule has 148 valence electrons. The van der Waals surface area contributed by atoms with Gasteiger partial charge < -0.3 is 23.8 Å². The lowest BCUT2D eigenvalue weighted by molar-refractivity contribution is -0.158. The van der Waals surface area contributed by atoms with E-state index in [1.807, 2.05) is 13.8 Å². The number of morpholine rings is 1. The third-order valence-corrected chi connectivity index (χ3v) is 4.04. The number of benzene rings is 1. The summed E-state index contributed by atoms with van der Waals surface area (Å²) < 4.78 is 21.1. The first kappa shape index (κ1) is 20.7. The minimum atomic E-state index is -0.671. The molecule has 1 heterocycles. The number of carbonyl (C=O) groups is 3. The van der Waals surface area contributed by atoms with Crippen LogP contribution in [0, 0.1) is 0 Å². The van der Waals surface area contributed by atoms with Crippen molar-refractivity contribution >= 4 is 17.7 Å².